The number of rotatable bonds is 5. The fourth-order valence-corrected chi connectivity index (χ4v) is 3.28. The number of carbonyl (C=O) groups excluding carboxylic acids is 2. The number of benzene rings is 1. The van der Waals surface area contributed by atoms with Gasteiger partial charge in [-0.25, -0.2) is 0 Å². The van der Waals surface area contributed by atoms with Crippen LogP contribution in [0.25, 0.3) is 0 Å². The van der Waals surface area contributed by atoms with Crippen LogP contribution in [0.5, 0.6) is 0 Å². The topological polar surface area (TPSA) is 72.2 Å². The monoisotopic (exact) mass is 506 g/mol. The lowest BCUT2D eigenvalue weighted by Gasteiger charge is -2.29. The van der Waals surface area contributed by atoms with E-state index in [1.54, 1.807) is 6.92 Å². The fourth-order valence-electron chi connectivity index (χ4n) is 1.60. The summed E-state index contributed by atoms with van der Waals surface area (Å²) < 4.78 is -0.390. The summed E-state index contributed by atoms with van der Waals surface area (Å²) in [4.78, 5) is 24.5. The summed E-state index contributed by atoms with van der Waals surface area (Å²) in [6.45, 7) is 3.51. The van der Waals surface area contributed by atoms with E-state index in [2.05, 4.69) is 21.2 Å². The van der Waals surface area contributed by atoms with Crippen molar-refractivity contribution in [3.8, 4) is 0 Å². The van der Waals surface area contributed by atoms with Crippen molar-refractivity contribution in [2.75, 3.05) is 5.73 Å². The number of hydrogen-bond donors (Lipinski definition) is 2. The van der Waals surface area contributed by atoms with E-state index in [1.165, 1.54) is 12.1 Å². The maximum Gasteiger partial charge on any atom is 0.252 e. The summed E-state index contributed by atoms with van der Waals surface area (Å²) in [7, 11) is 0. The van der Waals surface area contributed by atoms with Gasteiger partial charge in [0.15, 0.2) is 5.78 Å². The third-order valence-corrected chi connectivity index (χ3v) is 4.79. The van der Waals surface area contributed by atoms with Gasteiger partial charge < -0.3 is 11.1 Å². The van der Waals surface area contributed by atoms with Gasteiger partial charge in [0.1, 0.15) is 2.83 Å². The minimum atomic E-state index is -0.979. The molecule has 1 aromatic rings. The van der Waals surface area contributed by atoms with Gasteiger partial charge in [-0.3, -0.25) is 9.59 Å². The Kier molecular flexibility index (Phi) is 6.77. The summed E-state index contributed by atoms with van der Waals surface area (Å²) in [5.74, 6) is -0.548. The Bertz CT molecular complexity index is 560. The third kappa shape index (κ3) is 4.46. The molecule has 2 unspecified atom stereocenters. The lowest BCUT2D eigenvalue weighted by atomic mass is 9.93. The molecule has 0 aliphatic heterocycles. The second-order valence-electron chi connectivity index (χ2n) is 4.66. The summed E-state index contributed by atoms with van der Waals surface area (Å²) >= 11 is 17.0. The quantitative estimate of drug-likeness (QED) is 0.356. The van der Waals surface area contributed by atoms with Crippen molar-refractivity contribution in [1.82, 2.24) is 5.32 Å². The normalized spacial score (nSPS) is 15.1. The highest BCUT2D eigenvalue weighted by Crippen LogP contribution is 2.29. The van der Waals surface area contributed by atoms with Gasteiger partial charge in [0.2, 0.25) is 0 Å². The van der Waals surface area contributed by atoms with Crippen molar-refractivity contribution in [3.63, 3.8) is 0 Å². The van der Waals surface area contributed by atoms with Crippen molar-refractivity contribution in [3.05, 3.63) is 27.7 Å². The molecule has 21 heavy (non-hydrogen) atoms. The van der Waals surface area contributed by atoms with Gasteiger partial charge in [-0.1, -0.05) is 68.6 Å². The van der Waals surface area contributed by atoms with Gasteiger partial charge in [0, 0.05) is 5.56 Å². The van der Waals surface area contributed by atoms with E-state index >= 15 is 0 Å². The number of carbonyl (C=O) groups is 2. The molecule has 0 aliphatic rings. The number of nitrogens with two attached hydrogens (primary N) is 1. The smallest absolute Gasteiger partial charge is 0.252 e. The molecule has 0 radical (unpaired) electrons. The van der Waals surface area contributed by atoms with E-state index in [9.17, 15) is 9.59 Å². The SMILES string of the molecule is CCC(C)(NC(=O)c1cc(Cl)c(N)c(Cl)c1)C(=O)C(Br)I. The van der Waals surface area contributed by atoms with Crippen LogP contribution < -0.4 is 11.1 Å². The molecule has 8 heteroatoms. The molecule has 116 valence electrons. The van der Waals surface area contributed by atoms with E-state index in [4.69, 9.17) is 28.9 Å². The van der Waals surface area contributed by atoms with E-state index < -0.39 is 11.4 Å². The standard InChI is InChI=1S/C13H14BrCl2IN2O2/c1-3-13(2,10(20)11(14)17)19-12(21)6-4-7(15)9(18)8(16)5-6/h4-5,11H,3,18H2,1-2H3,(H,19,21). The predicted octanol–water partition coefficient (Wildman–Crippen LogP) is 4.20. The van der Waals surface area contributed by atoms with Crippen LogP contribution in [0.3, 0.4) is 0 Å². The number of amides is 1. The summed E-state index contributed by atoms with van der Waals surface area (Å²) in [6, 6.07) is 2.85. The Morgan fingerprint density at radius 3 is 2.29 bits per heavy atom. The van der Waals surface area contributed by atoms with Crippen molar-refractivity contribution >= 4 is 79.1 Å². The largest absolute Gasteiger partial charge is 0.396 e. The Morgan fingerprint density at radius 2 is 1.90 bits per heavy atom. The number of halogens is 4. The average molecular weight is 508 g/mol. The Morgan fingerprint density at radius 1 is 1.43 bits per heavy atom. The number of nitrogens with one attached hydrogen (secondary N) is 1. The molecular weight excluding hydrogens is 494 g/mol. The van der Waals surface area contributed by atoms with Crippen LogP contribution in [-0.4, -0.2) is 20.1 Å². The molecule has 1 aromatic carbocycles. The molecule has 4 nitrogen and oxygen atoms in total. The molecule has 3 N–H and O–H groups in total. The van der Waals surface area contributed by atoms with E-state index in [0.717, 1.165) is 0 Å². The van der Waals surface area contributed by atoms with E-state index in [1.807, 2.05) is 29.5 Å². The molecule has 2 atom stereocenters. The lowest BCUT2D eigenvalue weighted by molar-refractivity contribution is -0.122. The number of alkyl halides is 2. The van der Waals surface area contributed by atoms with Gasteiger partial charge in [0.05, 0.1) is 21.3 Å². The number of anilines is 1. The molecule has 0 spiro atoms. The van der Waals surface area contributed by atoms with E-state index in [0.29, 0.717) is 6.42 Å². The van der Waals surface area contributed by atoms with Crippen LogP contribution in [0.1, 0.15) is 30.6 Å². The second kappa shape index (κ2) is 7.48. The summed E-state index contributed by atoms with van der Waals surface area (Å²) in [5.41, 5.74) is 5.13. The minimum Gasteiger partial charge on any atom is -0.396 e. The summed E-state index contributed by atoms with van der Waals surface area (Å²) in [6.07, 6.45) is 0.457. The van der Waals surface area contributed by atoms with Gasteiger partial charge in [0.25, 0.3) is 5.91 Å². The molecule has 0 saturated heterocycles. The number of hydrogen-bond acceptors (Lipinski definition) is 3. The number of Topliss-reactive ketones (excluding diaryl/α,β-unsaturated/α-hetero) is 1. The summed E-state index contributed by atoms with van der Waals surface area (Å²) in [5, 5.41) is 3.13. The van der Waals surface area contributed by atoms with Gasteiger partial charge in [-0.05, 0) is 25.5 Å². The fraction of sp³-hybridized carbons (Fsp3) is 0.385. The first-order chi connectivity index (χ1) is 9.62. The molecular formula is C13H14BrCl2IN2O2. The van der Waals surface area contributed by atoms with Crippen LogP contribution in [0.15, 0.2) is 12.1 Å². The molecule has 0 heterocycles. The van der Waals surface area contributed by atoms with Crippen LogP contribution in [0.4, 0.5) is 5.69 Å². The van der Waals surface area contributed by atoms with Gasteiger partial charge in [-0.15, -0.1) is 0 Å². The maximum absolute atomic E-state index is 12.3. The first-order valence-corrected chi connectivity index (χ1v) is 8.93. The van der Waals surface area contributed by atoms with Crippen molar-refractivity contribution in [2.45, 2.75) is 28.6 Å². The minimum absolute atomic E-state index is 0.119. The molecule has 0 bridgehead atoms. The highest BCUT2D eigenvalue weighted by Gasteiger charge is 2.36. The molecule has 0 fully saturated rings. The Balaban J connectivity index is 3.07. The highest BCUT2D eigenvalue weighted by molar-refractivity contribution is 14.1. The van der Waals surface area contributed by atoms with Gasteiger partial charge in [-0.2, -0.15) is 0 Å². The van der Waals surface area contributed by atoms with Gasteiger partial charge >= 0.3 is 0 Å². The van der Waals surface area contributed by atoms with E-state index in [-0.39, 0.29) is 29.9 Å². The van der Waals surface area contributed by atoms with Crippen molar-refractivity contribution < 1.29 is 9.59 Å². The first kappa shape index (κ1) is 19.0. The van der Waals surface area contributed by atoms with Crippen molar-refractivity contribution in [2.24, 2.45) is 0 Å². The molecule has 1 amide bonds. The zero-order valence-corrected chi connectivity index (χ0v) is 16.6. The second-order valence-corrected chi connectivity index (χ2v) is 9.35. The van der Waals surface area contributed by atoms with Crippen LogP contribution in [0.2, 0.25) is 10.0 Å². The lowest BCUT2D eigenvalue weighted by Crippen LogP contribution is -2.53. The van der Waals surface area contributed by atoms with Crippen LogP contribution in [0, 0.1) is 0 Å². The van der Waals surface area contributed by atoms with Crippen LogP contribution in [-0.2, 0) is 4.79 Å². The zero-order chi connectivity index (χ0) is 16.4. The van der Waals surface area contributed by atoms with Crippen LogP contribution >= 0.6 is 61.7 Å². The predicted molar refractivity (Wildman–Crippen MR) is 98.8 cm³/mol. The third-order valence-electron chi connectivity index (χ3n) is 3.18. The zero-order valence-electron chi connectivity index (χ0n) is 11.3. The molecule has 0 saturated carbocycles. The number of ketones is 1. The molecule has 1 rings (SSSR count). The molecule has 0 aromatic heterocycles. The van der Waals surface area contributed by atoms with Crippen molar-refractivity contribution in [1.29, 1.82) is 0 Å². The highest BCUT2D eigenvalue weighted by atomic mass is 127. The Labute approximate surface area is 155 Å². The number of nitrogen functional groups attached to an aromatic ring is 1. The first-order valence-electron chi connectivity index (χ1n) is 6.02. The average Bonchev–Trinajstić information content (AvgIpc) is 2.42. The molecule has 0 aliphatic carbocycles. The maximum atomic E-state index is 12.3. The Hall–Kier alpha value is -0.0500.